The average Bonchev–Trinajstić information content (AvgIpc) is 2.40. The summed E-state index contributed by atoms with van der Waals surface area (Å²) in [6, 6.07) is 2.45. The minimum absolute atomic E-state index is 0.152. The highest BCUT2D eigenvalue weighted by atomic mass is 19.1. The summed E-state index contributed by atoms with van der Waals surface area (Å²) in [5.41, 5.74) is -1.39. The molecular formula is C13H17FN2O3. The summed E-state index contributed by atoms with van der Waals surface area (Å²) in [6.45, 7) is 3.80. The fourth-order valence-electron chi connectivity index (χ4n) is 2.11. The zero-order valence-corrected chi connectivity index (χ0v) is 11.0. The van der Waals surface area contributed by atoms with Crippen LogP contribution in [0.5, 0.6) is 0 Å². The standard InChI is InChI=1S/C13H17FN2O3/c1-3-7-16(9-17)13(4-2,12(18)19)11-6-5-10(14)8-15-11/h5-6,8-9H,3-4,7H2,1-2H3,(H,18,19). The highest BCUT2D eigenvalue weighted by molar-refractivity contribution is 5.82. The number of rotatable bonds is 7. The van der Waals surface area contributed by atoms with Crippen LogP contribution in [0.3, 0.4) is 0 Å². The second-order valence-corrected chi connectivity index (χ2v) is 4.18. The number of carboxylic acids is 1. The van der Waals surface area contributed by atoms with E-state index in [1.807, 2.05) is 6.92 Å². The van der Waals surface area contributed by atoms with E-state index in [4.69, 9.17) is 0 Å². The number of carbonyl (C=O) groups excluding carboxylic acids is 1. The van der Waals surface area contributed by atoms with Crippen molar-refractivity contribution in [1.82, 2.24) is 9.88 Å². The molecule has 5 nitrogen and oxygen atoms in total. The molecular weight excluding hydrogens is 251 g/mol. The van der Waals surface area contributed by atoms with Crippen LogP contribution in [0.25, 0.3) is 0 Å². The lowest BCUT2D eigenvalue weighted by molar-refractivity contribution is -0.157. The molecule has 1 heterocycles. The van der Waals surface area contributed by atoms with Crippen LogP contribution in [-0.2, 0) is 15.1 Å². The highest BCUT2D eigenvalue weighted by Crippen LogP contribution is 2.30. The molecule has 1 unspecified atom stereocenters. The summed E-state index contributed by atoms with van der Waals surface area (Å²) < 4.78 is 12.9. The van der Waals surface area contributed by atoms with Gasteiger partial charge in [0.05, 0.1) is 11.9 Å². The van der Waals surface area contributed by atoms with Gasteiger partial charge in [0.2, 0.25) is 6.41 Å². The third-order valence-corrected chi connectivity index (χ3v) is 3.10. The van der Waals surface area contributed by atoms with Gasteiger partial charge in [0, 0.05) is 6.54 Å². The van der Waals surface area contributed by atoms with E-state index in [0.29, 0.717) is 19.4 Å². The van der Waals surface area contributed by atoms with Gasteiger partial charge in [-0.2, -0.15) is 0 Å². The van der Waals surface area contributed by atoms with Crippen LogP contribution in [0.4, 0.5) is 4.39 Å². The Kier molecular flexibility index (Phi) is 4.97. The number of nitrogens with zero attached hydrogens (tertiary/aromatic N) is 2. The van der Waals surface area contributed by atoms with E-state index in [9.17, 15) is 19.1 Å². The van der Waals surface area contributed by atoms with E-state index in [1.54, 1.807) is 6.92 Å². The molecule has 104 valence electrons. The molecule has 0 spiro atoms. The van der Waals surface area contributed by atoms with Gasteiger partial charge in [-0.25, -0.2) is 9.18 Å². The molecule has 6 heteroatoms. The zero-order chi connectivity index (χ0) is 14.5. The van der Waals surface area contributed by atoms with Gasteiger partial charge in [0.1, 0.15) is 5.82 Å². The van der Waals surface area contributed by atoms with Crippen molar-refractivity contribution in [2.45, 2.75) is 32.2 Å². The number of pyridine rings is 1. The summed E-state index contributed by atoms with van der Waals surface area (Å²) in [4.78, 5) is 27.9. The molecule has 1 N–H and O–H groups in total. The molecule has 0 aliphatic heterocycles. The van der Waals surface area contributed by atoms with Crippen molar-refractivity contribution in [1.29, 1.82) is 0 Å². The second-order valence-electron chi connectivity index (χ2n) is 4.18. The van der Waals surface area contributed by atoms with Crippen molar-refractivity contribution in [2.75, 3.05) is 6.54 Å². The van der Waals surface area contributed by atoms with Gasteiger partial charge in [-0.3, -0.25) is 9.78 Å². The molecule has 0 aliphatic carbocycles. The molecule has 0 saturated carbocycles. The maximum Gasteiger partial charge on any atom is 0.335 e. The number of carbonyl (C=O) groups is 2. The molecule has 1 aromatic rings. The Morgan fingerprint density at radius 2 is 2.21 bits per heavy atom. The van der Waals surface area contributed by atoms with Crippen molar-refractivity contribution >= 4 is 12.4 Å². The van der Waals surface area contributed by atoms with Crippen LogP contribution >= 0.6 is 0 Å². The Balaban J connectivity index is 3.36. The molecule has 0 bridgehead atoms. The maximum atomic E-state index is 12.9. The summed E-state index contributed by atoms with van der Waals surface area (Å²) >= 11 is 0. The van der Waals surface area contributed by atoms with Crippen molar-refractivity contribution in [3.63, 3.8) is 0 Å². The zero-order valence-electron chi connectivity index (χ0n) is 11.0. The lowest BCUT2D eigenvalue weighted by atomic mass is 9.89. The van der Waals surface area contributed by atoms with Gasteiger partial charge in [-0.15, -0.1) is 0 Å². The van der Waals surface area contributed by atoms with Crippen molar-refractivity contribution in [3.8, 4) is 0 Å². The summed E-state index contributed by atoms with van der Waals surface area (Å²) in [7, 11) is 0. The monoisotopic (exact) mass is 268 g/mol. The van der Waals surface area contributed by atoms with Crippen molar-refractivity contribution in [2.24, 2.45) is 0 Å². The fraction of sp³-hybridized carbons (Fsp3) is 0.462. The smallest absolute Gasteiger partial charge is 0.335 e. The topological polar surface area (TPSA) is 70.5 Å². The summed E-state index contributed by atoms with van der Waals surface area (Å²) in [5.74, 6) is -1.72. The number of aliphatic carboxylic acids is 1. The first-order chi connectivity index (χ1) is 9.02. The van der Waals surface area contributed by atoms with E-state index >= 15 is 0 Å². The largest absolute Gasteiger partial charge is 0.479 e. The Bertz CT molecular complexity index is 450. The number of aromatic nitrogens is 1. The fourth-order valence-corrected chi connectivity index (χ4v) is 2.11. The van der Waals surface area contributed by atoms with Crippen molar-refractivity contribution in [3.05, 3.63) is 29.8 Å². The van der Waals surface area contributed by atoms with Crippen LogP contribution in [0.15, 0.2) is 18.3 Å². The van der Waals surface area contributed by atoms with Crippen LogP contribution in [0, 0.1) is 5.82 Å². The number of hydrogen-bond acceptors (Lipinski definition) is 3. The van der Waals surface area contributed by atoms with Gasteiger partial charge < -0.3 is 10.0 Å². The van der Waals surface area contributed by atoms with Crippen molar-refractivity contribution < 1.29 is 19.1 Å². The Morgan fingerprint density at radius 3 is 2.58 bits per heavy atom. The van der Waals surface area contributed by atoms with E-state index in [-0.39, 0.29) is 12.1 Å². The van der Waals surface area contributed by atoms with Gasteiger partial charge >= 0.3 is 5.97 Å². The molecule has 1 rings (SSSR count). The first kappa shape index (κ1) is 15.1. The van der Waals surface area contributed by atoms with Gasteiger partial charge in [-0.1, -0.05) is 13.8 Å². The second kappa shape index (κ2) is 6.26. The number of carboxylic acid groups (broad SMARTS) is 1. The molecule has 1 aromatic heterocycles. The predicted molar refractivity (Wildman–Crippen MR) is 66.9 cm³/mol. The van der Waals surface area contributed by atoms with Gasteiger partial charge in [0.15, 0.2) is 5.54 Å². The highest BCUT2D eigenvalue weighted by Gasteiger charge is 2.45. The predicted octanol–water partition coefficient (Wildman–Crippen LogP) is 1.78. The maximum absolute atomic E-state index is 12.9. The molecule has 0 aromatic carbocycles. The van der Waals surface area contributed by atoms with E-state index in [2.05, 4.69) is 4.98 Å². The minimum Gasteiger partial charge on any atom is -0.479 e. The Labute approximate surface area is 111 Å². The minimum atomic E-state index is -1.55. The lowest BCUT2D eigenvalue weighted by Gasteiger charge is -2.37. The Morgan fingerprint density at radius 1 is 1.53 bits per heavy atom. The molecule has 0 radical (unpaired) electrons. The lowest BCUT2D eigenvalue weighted by Crippen LogP contribution is -2.52. The number of hydrogen-bond donors (Lipinski definition) is 1. The molecule has 0 saturated heterocycles. The number of amides is 1. The van der Waals surface area contributed by atoms with Gasteiger partial charge in [0.25, 0.3) is 0 Å². The van der Waals surface area contributed by atoms with E-state index in [0.717, 1.165) is 12.3 Å². The molecule has 0 aliphatic rings. The van der Waals surface area contributed by atoms with E-state index < -0.39 is 17.3 Å². The van der Waals surface area contributed by atoms with Crippen LogP contribution in [-0.4, -0.2) is 33.9 Å². The third-order valence-electron chi connectivity index (χ3n) is 3.10. The van der Waals surface area contributed by atoms with Crippen LogP contribution in [0.1, 0.15) is 32.4 Å². The first-order valence-corrected chi connectivity index (χ1v) is 6.10. The molecule has 0 fully saturated rings. The van der Waals surface area contributed by atoms with Crippen LogP contribution < -0.4 is 0 Å². The number of halogens is 1. The first-order valence-electron chi connectivity index (χ1n) is 6.10. The summed E-state index contributed by atoms with van der Waals surface area (Å²) in [6.07, 6.45) is 2.23. The molecule has 1 atom stereocenters. The molecule has 1 amide bonds. The quantitative estimate of drug-likeness (QED) is 0.765. The van der Waals surface area contributed by atoms with E-state index in [1.165, 1.54) is 11.0 Å². The molecule has 19 heavy (non-hydrogen) atoms. The normalized spacial score (nSPS) is 13.6. The average molecular weight is 268 g/mol. The third kappa shape index (κ3) is 2.72. The van der Waals surface area contributed by atoms with Gasteiger partial charge in [-0.05, 0) is 25.0 Å². The Hall–Kier alpha value is -1.98. The van der Waals surface area contributed by atoms with Crippen LogP contribution in [0.2, 0.25) is 0 Å². The SMILES string of the molecule is CCCN(C=O)C(CC)(C(=O)O)c1ccc(F)cn1. The summed E-state index contributed by atoms with van der Waals surface area (Å²) in [5, 5.41) is 9.54.